The molecule has 1 saturated heterocycles. The van der Waals surface area contributed by atoms with E-state index in [0.29, 0.717) is 45.6 Å². The largest absolute Gasteiger partial charge is 0.493 e. The molecule has 1 aromatic rings. The van der Waals surface area contributed by atoms with E-state index in [0.717, 1.165) is 38.5 Å². The molecule has 1 aromatic carbocycles. The minimum atomic E-state index is -1.14. The zero-order valence-corrected chi connectivity index (χ0v) is 24.3. The number of rotatable bonds is 11. The molecule has 3 aliphatic rings. The van der Waals surface area contributed by atoms with Gasteiger partial charge >= 0.3 is 0 Å². The van der Waals surface area contributed by atoms with Gasteiger partial charge in [0.2, 0.25) is 11.8 Å². The topological polar surface area (TPSA) is 135 Å². The molecule has 2 amide bonds. The summed E-state index contributed by atoms with van der Waals surface area (Å²) in [5.74, 6) is 0.111. The van der Waals surface area contributed by atoms with Crippen LogP contribution in [-0.2, 0) is 14.3 Å². The van der Waals surface area contributed by atoms with Crippen LogP contribution in [0.1, 0.15) is 55.3 Å². The third-order valence-electron chi connectivity index (χ3n) is 7.67. The minimum absolute atomic E-state index is 0.0229. The summed E-state index contributed by atoms with van der Waals surface area (Å²) in [6.07, 6.45) is 5.52. The summed E-state index contributed by atoms with van der Waals surface area (Å²) in [7, 11) is 1.46. The highest BCUT2D eigenvalue weighted by Gasteiger charge is 2.43. The van der Waals surface area contributed by atoms with E-state index >= 15 is 0 Å². The van der Waals surface area contributed by atoms with Gasteiger partial charge in [0.25, 0.3) is 0 Å². The molecule has 10 nitrogen and oxygen atoms in total. The zero-order chi connectivity index (χ0) is 27.9. The summed E-state index contributed by atoms with van der Waals surface area (Å²) < 4.78 is 18.2. The van der Waals surface area contributed by atoms with Crippen molar-refractivity contribution in [3.8, 4) is 11.5 Å². The van der Waals surface area contributed by atoms with Crippen molar-refractivity contribution in [2.45, 2.75) is 69.3 Å². The summed E-state index contributed by atoms with van der Waals surface area (Å²) in [4.78, 5) is 40.0. The second kappa shape index (κ2) is 13.9. The third kappa shape index (κ3) is 7.11. The average molecular weight is 657 g/mol. The molecule has 0 unspecified atom stereocenters. The number of hydrogen-bond acceptors (Lipinski definition) is 8. The van der Waals surface area contributed by atoms with Gasteiger partial charge in [-0.25, -0.2) is 0 Å². The van der Waals surface area contributed by atoms with Crippen molar-refractivity contribution in [2.75, 3.05) is 33.4 Å². The quantitative estimate of drug-likeness (QED) is 0.244. The molecule has 0 radical (unpaired) electrons. The van der Waals surface area contributed by atoms with Gasteiger partial charge in [0, 0.05) is 43.2 Å². The van der Waals surface area contributed by atoms with E-state index in [1.54, 1.807) is 23.1 Å². The lowest BCUT2D eigenvalue weighted by Gasteiger charge is -2.42. The lowest BCUT2D eigenvalue weighted by atomic mass is 9.87. The van der Waals surface area contributed by atoms with Gasteiger partial charge in [0.05, 0.1) is 29.4 Å². The number of benzene rings is 1. The fourth-order valence-corrected chi connectivity index (χ4v) is 6.39. The fraction of sp³-hybridized carbons (Fsp3) is 0.607. The molecule has 214 valence electrons. The number of amides is 2. The molecule has 1 aliphatic heterocycles. The Hall–Kier alpha value is -2.22. The Morgan fingerprint density at radius 2 is 2.00 bits per heavy atom. The van der Waals surface area contributed by atoms with Gasteiger partial charge in [-0.2, -0.15) is 0 Å². The van der Waals surface area contributed by atoms with E-state index in [1.807, 2.05) is 22.6 Å². The summed E-state index contributed by atoms with van der Waals surface area (Å²) >= 11 is 2.03. The SMILES string of the molecule is COc1cc(C=O)cc(I)c1O[C@H]1C=C(C(=O)NCCO)C[C@@H](N(C[C@H]2CCCO2)C(=O)C2CCCC2)[C@@H]1O. The highest BCUT2D eigenvalue weighted by atomic mass is 127. The molecular formula is C28H37IN2O8. The molecule has 0 aromatic heterocycles. The van der Waals surface area contributed by atoms with Gasteiger partial charge in [-0.05, 0) is 66.5 Å². The molecular weight excluding hydrogens is 619 g/mol. The number of carbonyl (C=O) groups excluding carboxylic acids is 3. The number of aliphatic hydroxyl groups excluding tert-OH is 2. The van der Waals surface area contributed by atoms with Crippen LogP contribution in [0.15, 0.2) is 23.8 Å². The van der Waals surface area contributed by atoms with Crippen molar-refractivity contribution in [1.82, 2.24) is 10.2 Å². The highest BCUT2D eigenvalue weighted by Crippen LogP contribution is 2.38. The average Bonchev–Trinajstić information content (AvgIpc) is 3.67. The second-order valence-electron chi connectivity index (χ2n) is 10.3. The second-order valence-corrected chi connectivity index (χ2v) is 11.4. The molecule has 0 spiro atoms. The van der Waals surface area contributed by atoms with E-state index in [2.05, 4.69) is 5.32 Å². The van der Waals surface area contributed by atoms with Crippen LogP contribution in [0.3, 0.4) is 0 Å². The van der Waals surface area contributed by atoms with Gasteiger partial charge in [0.1, 0.15) is 18.5 Å². The van der Waals surface area contributed by atoms with Crippen LogP contribution in [0.25, 0.3) is 0 Å². The van der Waals surface area contributed by atoms with Crippen LogP contribution >= 0.6 is 22.6 Å². The molecule has 1 saturated carbocycles. The molecule has 2 aliphatic carbocycles. The first-order valence-corrected chi connectivity index (χ1v) is 14.6. The Kier molecular flexibility index (Phi) is 10.6. The summed E-state index contributed by atoms with van der Waals surface area (Å²) in [5.41, 5.74) is 0.772. The maximum atomic E-state index is 13.8. The number of aldehydes is 1. The van der Waals surface area contributed by atoms with Crippen LogP contribution in [-0.4, -0.2) is 91.0 Å². The van der Waals surface area contributed by atoms with Gasteiger partial charge in [-0.1, -0.05) is 12.8 Å². The van der Waals surface area contributed by atoms with Gasteiger partial charge in [-0.15, -0.1) is 0 Å². The monoisotopic (exact) mass is 656 g/mol. The maximum absolute atomic E-state index is 13.8. The number of halogens is 1. The van der Waals surface area contributed by atoms with E-state index in [1.165, 1.54) is 7.11 Å². The number of methoxy groups -OCH3 is 1. The van der Waals surface area contributed by atoms with Crippen LogP contribution in [0, 0.1) is 9.49 Å². The predicted molar refractivity (Wildman–Crippen MR) is 151 cm³/mol. The first kappa shape index (κ1) is 29.8. The lowest BCUT2D eigenvalue weighted by Crippen LogP contribution is -2.57. The first-order chi connectivity index (χ1) is 18.9. The van der Waals surface area contributed by atoms with Crippen molar-refractivity contribution >= 4 is 40.7 Å². The predicted octanol–water partition coefficient (Wildman–Crippen LogP) is 2.23. The number of nitrogens with one attached hydrogen (secondary N) is 1. The Labute approximate surface area is 242 Å². The molecule has 11 heteroatoms. The lowest BCUT2D eigenvalue weighted by molar-refractivity contribution is -0.145. The van der Waals surface area contributed by atoms with Crippen molar-refractivity contribution in [2.24, 2.45) is 5.92 Å². The first-order valence-electron chi connectivity index (χ1n) is 13.6. The normalized spacial score (nSPS) is 25.2. The van der Waals surface area contributed by atoms with Crippen molar-refractivity contribution in [3.05, 3.63) is 32.9 Å². The number of hydrogen-bond donors (Lipinski definition) is 3. The van der Waals surface area contributed by atoms with Crippen molar-refractivity contribution in [3.63, 3.8) is 0 Å². The van der Waals surface area contributed by atoms with Gasteiger partial charge in [0.15, 0.2) is 11.5 Å². The van der Waals surface area contributed by atoms with Crippen LogP contribution in [0.2, 0.25) is 0 Å². The molecule has 2 fully saturated rings. The summed E-state index contributed by atoms with van der Waals surface area (Å²) in [6.45, 7) is 0.840. The third-order valence-corrected chi connectivity index (χ3v) is 8.47. The Balaban J connectivity index is 1.69. The number of nitrogens with zero attached hydrogens (tertiary/aromatic N) is 1. The van der Waals surface area contributed by atoms with Crippen molar-refractivity contribution in [1.29, 1.82) is 0 Å². The Morgan fingerprint density at radius 1 is 1.23 bits per heavy atom. The number of ether oxygens (including phenoxy) is 3. The van der Waals surface area contributed by atoms with E-state index < -0.39 is 24.2 Å². The van der Waals surface area contributed by atoms with Gasteiger partial charge in [-0.3, -0.25) is 14.4 Å². The molecule has 0 bridgehead atoms. The van der Waals surface area contributed by atoms with E-state index in [4.69, 9.17) is 14.2 Å². The minimum Gasteiger partial charge on any atom is -0.493 e. The van der Waals surface area contributed by atoms with Crippen LogP contribution < -0.4 is 14.8 Å². The van der Waals surface area contributed by atoms with E-state index in [-0.39, 0.29) is 37.5 Å². The van der Waals surface area contributed by atoms with Crippen LogP contribution in [0.5, 0.6) is 11.5 Å². The summed E-state index contributed by atoms with van der Waals surface area (Å²) in [5, 5.41) is 23.6. The maximum Gasteiger partial charge on any atom is 0.247 e. The number of aliphatic hydroxyl groups is 2. The molecule has 1 heterocycles. The smallest absolute Gasteiger partial charge is 0.247 e. The number of carbonyl (C=O) groups is 3. The molecule has 39 heavy (non-hydrogen) atoms. The van der Waals surface area contributed by atoms with Gasteiger partial charge < -0.3 is 34.6 Å². The van der Waals surface area contributed by atoms with Crippen LogP contribution in [0.4, 0.5) is 0 Å². The van der Waals surface area contributed by atoms with Crippen molar-refractivity contribution < 1.29 is 38.8 Å². The Morgan fingerprint density at radius 3 is 2.64 bits per heavy atom. The highest BCUT2D eigenvalue weighted by molar-refractivity contribution is 14.1. The molecule has 3 N–H and O–H groups in total. The van der Waals surface area contributed by atoms with E-state index in [9.17, 15) is 24.6 Å². The Bertz CT molecular complexity index is 1070. The molecule has 4 rings (SSSR count). The standard InChI is InChI=1S/C28H37IN2O8/c1-37-24-12-17(16-33)11-21(29)26(24)39-23-14-19(27(35)30-8-9-32)13-22(25(23)34)31(15-20-7-4-10-38-20)28(36)18-5-2-3-6-18/h11-12,14,16,18,20,22-23,25,32,34H,2-10,13,15H2,1H3,(H,30,35)/t20-,22-,23+,25+/m1/s1. The summed E-state index contributed by atoms with van der Waals surface area (Å²) in [6, 6.07) is 2.47. The fourth-order valence-electron chi connectivity index (χ4n) is 5.64. The molecule has 4 atom stereocenters. The zero-order valence-electron chi connectivity index (χ0n) is 22.1.